The highest BCUT2D eigenvalue weighted by atomic mass is 16.6. The second kappa shape index (κ2) is 11.9. The highest BCUT2D eigenvalue weighted by Crippen LogP contribution is 2.39. The van der Waals surface area contributed by atoms with Gasteiger partial charge in [-0.3, -0.25) is 29.5 Å². The van der Waals surface area contributed by atoms with E-state index in [4.69, 9.17) is 9.47 Å². The van der Waals surface area contributed by atoms with Crippen LogP contribution in [-0.2, 0) is 19.1 Å². The number of hydrogen-bond donors (Lipinski definition) is 3. The van der Waals surface area contributed by atoms with Gasteiger partial charge in [0.15, 0.2) is 6.23 Å². The average molecular weight is 546 g/mol. The molecule has 1 aromatic carbocycles. The van der Waals surface area contributed by atoms with Crippen molar-refractivity contribution in [3.8, 4) is 0 Å². The standard InChI is InChI=1S/C27H39N5O7/c1-27(2,3)39-26(37)30(4)11-6-12-31-13-14-38-17(16-31)15-28-19-8-5-7-18-22(19)25(36)32(24(18)35)20-9-10-21(33)29-23(20)34/h5,7-8,17,20,25,28,36H,6,9-16H2,1-4H3,(H,29,33,34)/t17-,20?,25?/m0/s1. The Labute approximate surface area is 228 Å². The van der Waals surface area contributed by atoms with Gasteiger partial charge in [0.05, 0.1) is 12.7 Å². The van der Waals surface area contributed by atoms with Crippen molar-refractivity contribution in [3.05, 3.63) is 29.3 Å². The minimum absolute atomic E-state index is 0.112. The van der Waals surface area contributed by atoms with Crippen LogP contribution in [-0.4, -0.2) is 108 Å². The fourth-order valence-corrected chi connectivity index (χ4v) is 5.13. The van der Waals surface area contributed by atoms with E-state index < -0.39 is 29.7 Å². The largest absolute Gasteiger partial charge is 0.444 e. The van der Waals surface area contributed by atoms with E-state index in [9.17, 15) is 24.3 Å². The monoisotopic (exact) mass is 545 g/mol. The number of fused-ring (bicyclic) bond motifs is 1. The quantitative estimate of drug-likeness (QED) is 0.412. The number of piperidine rings is 1. The number of hydrogen-bond acceptors (Lipinski definition) is 9. The summed E-state index contributed by atoms with van der Waals surface area (Å²) in [5.41, 5.74) is 0.826. The first kappa shape index (κ1) is 28.8. The first-order valence-corrected chi connectivity index (χ1v) is 13.4. The minimum Gasteiger partial charge on any atom is -0.444 e. The van der Waals surface area contributed by atoms with Crippen LogP contribution in [0.25, 0.3) is 0 Å². The van der Waals surface area contributed by atoms with Gasteiger partial charge in [-0.1, -0.05) is 6.07 Å². The molecule has 3 heterocycles. The Balaban J connectivity index is 1.30. The lowest BCUT2D eigenvalue weighted by molar-refractivity contribution is -0.139. The molecule has 4 rings (SSSR count). The molecule has 0 aromatic heterocycles. The zero-order valence-corrected chi connectivity index (χ0v) is 23.1. The molecule has 39 heavy (non-hydrogen) atoms. The molecule has 3 aliphatic rings. The lowest BCUT2D eigenvalue weighted by Gasteiger charge is -2.34. The number of nitrogens with zero attached hydrogens (tertiary/aromatic N) is 3. The second-order valence-electron chi connectivity index (χ2n) is 11.2. The predicted octanol–water partition coefficient (Wildman–Crippen LogP) is 1.31. The van der Waals surface area contributed by atoms with Gasteiger partial charge in [-0.25, -0.2) is 4.79 Å². The molecule has 214 valence electrons. The van der Waals surface area contributed by atoms with Crippen LogP contribution in [0.3, 0.4) is 0 Å². The van der Waals surface area contributed by atoms with Crippen LogP contribution in [0.2, 0.25) is 0 Å². The summed E-state index contributed by atoms with van der Waals surface area (Å²) in [6.45, 7) is 9.45. The molecule has 0 aliphatic carbocycles. The van der Waals surface area contributed by atoms with Crippen molar-refractivity contribution in [2.45, 2.75) is 64.0 Å². The summed E-state index contributed by atoms with van der Waals surface area (Å²) in [5, 5.41) is 16.6. The number of aliphatic hydroxyl groups is 1. The number of nitrogens with one attached hydrogen (secondary N) is 2. The van der Waals surface area contributed by atoms with Crippen molar-refractivity contribution in [2.24, 2.45) is 0 Å². The third kappa shape index (κ3) is 6.87. The summed E-state index contributed by atoms with van der Waals surface area (Å²) in [4.78, 5) is 54.2. The molecule has 12 heteroatoms. The van der Waals surface area contributed by atoms with Gasteiger partial charge in [-0.15, -0.1) is 0 Å². The van der Waals surface area contributed by atoms with Crippen LogP contribution < -0.4 is 10.6 Å². The van der Waals surface area contributed by atoms with E-state index in [0.717, 1.165) is 24.4 Å². The molecule has 3 N–H and O–H groups in total. The fourth-order valence-electron chi connectivity index (χ4n) is 5.13. The molecule has 0 bridgehead atoms. The number of benzene rings is 1. The van der Waals surface area contributed by atoms with E-state index in [1.807, 2.05) is 20.8 Å². The number of rotatable bonds is 8. The number of ether oxygens (including phenoxy) is 2. The van der Waals surface area contributed by atoms with E-state index in [-0.39, 0.29) is 30.9 Å². The first-order chi connectivity index (χ1) is 18.4. The number of anilines is 1. The molecule has 0 spiro atoms. The maximum absolute atomic E-state index is 13.1. The Morgan fingerprint density at radius 2 is 2.05 bits per heavy atom. The molecular weight excluding hydrogens is 506 g/mol. The third-order valence-electron chi connectivity index (χ3n) is 7.05. The number of carbonyl (C=O) groups excluding carboxylic acids is 4. The van der Waals surface area contributed by atoms with Crippen LogP contribution in [0.15, 0.2) is 18.2 Å². The summed E-state index contributed by atoms with van der Waals surface area (Å²) in [5.74, 6) is -1.39. The van der Waals surface area contributed by atoms with E-state index >= 15 is 0 Å². The van der Waals surface area contributed by atoms with Gasteiger partial charge in [0.1, 0.15) is 11.6 Å². The smallest absolute Gasteiger partial charge is 0.410 e. The van der Waals surface area contributed by atoms with Gasteiger partial charge in [0.25, 0.3) is 5.91 Å². The van der Waals surface area contributed by atoms with Gasteiger partial charge in [-0.05, 0) is 45.7 Å². The number of imide groups is 1. The Morgan fingerprint density at radius 1 is 1.28 bits per heavy atom. The molecular formula is C27H39N5O7. The lowest BCUT2D eigenvalue weighted by Crippen LogP contribution is -2.53. The summed E-state index contributed by atoms with van der Waals surface area (Å²) in [6.07, 6.45) is -0.666. The zero-order chi connectivity index (χ0) is 28.3. The van der Waals surface area contributed by atoms with Gasteiger partial charge in [0, 0.05) is 63.0 Å². The maximum Gasteiger partial charge on any atom is 0.410 e. The minimum atomic E-state index is -1.30. The average Bonchev–Trinajstić information content (AvgIpc) is 3.12. The number of carbonyl (C=O) groups is 4. The fraction of sp³-hybridized carbons (Fsp3) is 0.630. The van der Waals surface area contributed by atoms with E-state index in [2.05, 4.69) is 15.5 Å². The van der Waals surface area contributed by atoms with E-state index in [1.165, 1.54) is 0 Å². The van der Waals surface area contributed by atoms with Crippen LogP contribution in [0.4, 0.5) is 10.5 Å². The summed E-state index contributed by atoms with van der Waals surface area (Å²) >= 11 is 0. The SMILES string of the molecule is CN(CCCN1CCO[C@@H](CNc2cccc3c2C(O)N(C2CCC(=O)NC2=O)C3=O)C1)C(=O)OC(C)(C)C. The normalized spacial score (nSPS) is 23.9. The lowest BCUT2D eigenvalue weighted by atomic mass is 10.0. The van der Waals surface area contributed by atoms with E-state index in [0.29, 0.717) is 43.1 Å². The Bertz CT molecular complexity index is 1100. The number of morpholine rings is 1. The van der Waals surface area contributed by atoms with Crippen LogP contribution in [0, 0.1) is 0 Å². The molecule has 3 aliphatic heterocycles. The van der Waals surface area contributed by atoms with Crippen molar-refractivity contribution in [1.82, 2.24) is 20.0 Å². The molecule has 12 nitrogen and oxygen atoms in total. The van der Waals surface area contributed by atoms with Gasteiger partial charge in [0.2, 0.25) is 11.8 Å². The summed E-state index contributed by atoms with van der Waals surface area (Å²) in [7, 11) is 1.74. The van der Waals surface area contributed by atoms with Crippen molar-refractivity contribution >= 4 is 29.5 Å². The highest BCUT2D eigenvalue weighted by Gasteiger charge is 2.45. The Kier molecular flexibility index (Phi) is 8.77. The molecule has 4 amide bonds. The molecule has 2 unspecified atom stereocenters. The Hall–Kier alpha value is -3.22. The third-order valence-corrected chi connectivity index (χ3v) is 7.05. The van der Waals surface area contributed by atoms with Crippen LogP contribution in [0.5, 0.6) is 0 Å². The van der Waals surface area contributed by atoms with Gasteiger partial charge < -0.3 is 24.8 Å². The predicted molar refractivity (Wildman–Crippen MR) is 142 cm³/mol. The summed E-state index contributed by atoms with van der Waals surface area (Å²) in [6, 6.07) is 4.24. The number of amides is 4. The summed E-state index contributed by atoms with van der Waals surface area (Å²) < 4.78 is 11.3. The molecule has 2 fully saturated rings. The van der Waals surface area contributed by atoms with Crippen LogP contribution in [0.1, 0.15) is 62.2 Å². The van der Waals surface area contributed by atoms with Gasteiger partial charge in [-0.2, -0.15) is 0 Å². The molecule has 0 radical (unpaired) electrons. The van der Waals surface area contributed by atoms with Gasteiger partial charge >= 0.3 is 6.09 Å². The maximum atomic E-state index is 13.1. The van der Waals surface area contributed by atoms with Crippen molar-refractivity contribution in [2.75, 3.05) is 51.7 Å². The Morgan fingerprint density at radius 3 is 2.77 bits per heavy atom. The topological polar surface area (TPSA) is 141 Å². The van der Waals surface area contributed by atoms with Crippen LogP contribution >= 0.6 is 0 Å². The van der Waals surface area contributed by atoms with Crippen molar-refractivity contribution in [3.63, 3.8) is 0 Å². The second-order valence-corrected chi connectivity index (χ2v) is 11.2. The molecule has 2 saturated heterocycles. The first-order valence-electron chi connectivity index (χ1n) is 13.4. The molecule has 3 atom stereocenters. The van der Waals surface area contributed by atoms with Crippen molar-refractivity contribution in [1.29, 1.82) is 0 Å². The molecule has 0 saturated carbocycles. The zero-order valence-electron chi connectivity index (χ0n) is 23.1. The molecule has 1 aromatic rings. The van der Waals surface area contributed by atoms with E-state index in [1.54, 1.807) is 30.1 Å². The number of aliphatic hydroxyl groups excluding tert-OH is 1. The highest BCUT2D eigenvalue weighted by molar-refractivity contribution is 6.06. The van der Waals surface area contributed by atoms with Crippen molar-refractivity contribution < 1.29 is 33.8 Å².